The van der Waals surface area contributed by atoms with E-state index in [-0.39, 0.29) is 16.3 Å². The number of nitriles is 1. The zero-order chi connectivity index (χ0) is 20.7. The van der Waals surface area contributed by atoms with Gasteiger partial charge in [-0.2, -0.15) is 5.26 Å². The molecule has 0 bridgehead atoms. The molecule has 0 spiro atoms. The molecule has 1 aromatic heterocycles. The summed E-state index contributed by atoms with van der Waals surface area (Å²) in [6.07, 6.45) is 3.52. The molecule has 29 heavy (non-hydrogen) atoms. The Kier molecular flexibility index (Phi) is 5.17. The number of hydrogen-bond acceptors (Lipinski definition) is 8. The zero-order valence-electron chi connectivity index (χ0n) is 16.1. The van der Waals surface area contributed by atoms with E-state index in [1.54, 1.807) is 17.8 Å². The van der Waals surface area contributed by atoms with Gasteiger partial charge in [0.05, 0.1) is 32.7 Å². The molecular formula is C20H19N5O2S2. The first-order valence-corrected chi connectivity index (χ1v) is 11.1. The van der Waals surface area contributed by atoms with Crippen LogP contribution in [0.3, 0.4) is 0 Å². The van der Waals surface area contributed by atoms with Gasteiger partial charge in [0.15, 0.2) is 6.17 Å². The molecule has 1 aromatic carbocycles. The largest absolute Gasteiger partial charge is 0.324 e. The number of nitro groups is 1. The zero-order valence-corrected chi connectivity index (χ0v) is 17.8. The van der Waals surface area contributed by atoms with Gasteiger partial charge in [-0.3, -0.25) is 20.1 Å². The number of thioether (sulfide) groups is 1. The predicted molar refractivity (Wildman–Crippen MR) is 117 cm³/mol. The van der Waals surface area contributed by atoms with Crippen LogP contribution in [0.1, 0.15) is 21.6 Å². The standard InChI is InChI=1S/C20H19N5O2S2/c1-11-4-5-13(12(2)8-11)16-9-15(17-6-7-18(29-17)25(26)27)22-19-14(10-21)20(28-3)23-24(16)19/h4-9,14,19-20,23H,1-3H3. The van der Waals surface area contributed by atoms with Crippen LogP contribution in [0.2, 0.25) is 0 Å². The summed E-state index contributed by atoms with van der Waals surface area (Å²) >= 11 is 2.68. The first-order chi connectivity index (χ1) is 13.9. The van der Waals surface area contributed by atoms with Crippen LogP contribution < -0.4 is 5.43 Å². The van der Waals surface area contributed by atoms with Gasteiger partial charge in [0.2, 0.25) is 0 Å². The van der Waals surface area contributed by atoms with Crippen LogP contribution in [0.15, 0.2) is 41.4 Å². The summed E-state index contributed by atoms with van der Waals surface area (Å²) in [5.41, 5.74) is 8.36. The van der Waals surface area contributed by atoms with Crippen molar-refractivity contribution in [1.82, 2.24) is 10.4 Å². The van der Waals surface area contributed by atoms with Crippen LogP contribution >= 0.6 is 23.1 Å². The quantitative estimate of drug-likeness (QED) is 0.586. The number of hydrazine groups is 1. The number of allylic oxidation sites excluding steroid dienone is 1. The summed E-state index contributed by atoms with van der Waals surface area (Å²) in [5.74, 6) is -0.343. The lowest BCUT2D eigenvalue weighted by atomic mass is 9.99. The lowest BCUT2D eigenvalue weighted by molar-refractivity contribution is -0.380. The van der Waals surface area contributed by atoms with Crippen LogP contribution in [0.25, 0.3) is 5.70 Å². The van der Waals surface area contributed by atoms with E-state index in [1.807, 2.05) is 17.3 Å². The van der Waals surface area contributed by atoms with Crippen molar-refractivity contribution in [2.24, 2.45) is 10.9 Å². The monoisotopic (exact) mass is 425 g/mol. The van der Waals surface area contributed by atoms with Gasteiger partial charge in [0.25, 0.3) is 0 Å². The lowest BCUT2D eigenvalue weighted by Gasteiger charge is -2.31. The minimum Gasteiger partial charge on any atom is -0.281 e. The van der Waals surface area contributed by atoms with Gasteiger partial charge in [-0.05, 0) is 37.8 Å². The third kappa shape index (κ3) is 3.44. The third-order valence-corrected chi connectivity index (χ3v) is 7.03. The number of hydrogen-bond donors (Lipinski definition) is 1. The second-order valence-electron chi connectivity index (χ2n) is 6.98. The highest BCUT2D eigenvalue weighted by molar-refractivity contribution is 7.99. The molecule has 0 saturated carbocycles. The Morgan fingerprint density at radius 2 is 2.14 bits per heavy atom. The van der Waals surface area contributed by atoms with E-state index in [1.165, 1.54) is 11.6 Å². The van der Waals surface area contributed by atoms with Gasteiger partial charge in [-0.25, -0.2) is 5.43 Å². The Labute approximate surface area is 176 Å². The molecule has 2 aromatic rings. The number of aliphatic imine (C=N–C) groups is 1. The molecule has 3 heterocycles. The van der Waals surface area contributed by atoms with E-state index in [0.717, 1.165) is 33.0 Å². The summed E-state index contributed by atoms with van der Waals surface area (Å²) in [4.78, 5) is 16.3. The maximum absolute atomic E-state index is 11.1. The summed E-state index contributed by atoms with van der Waals surface area (Å²) in [5, 5.41) is 22.9. The molecule has 0 amide bonds. The van der Waals surface area contributed by atoms with Gasteiger partial charge in [-0.1, -0.05) is 35.1 Å². The van der Waals surface area contributed by atoms with Gasteiger partial charge in [0, 0.05) is 11.6 Å². The van der Waals surface area contributed by atoms with Crippen LogP contribution in [-0.2, 0) is 0 Å². The van der Waals surface area contributed by atoms with Crippen molar-refractivity contribution in [3.63, 3.8) is 0 Å². The molecule has 2 aliphatic rings. The van der Waals surface area contributed by atoms with Gasteiger partial charge >= 0.3 is 5.00 Å². The molecule has 1 fully saturated rings. The molecule has 3 unspecified atom stereocenters. The van der Waals surface area contributed by atoms with Crippen molar-refractivity contribution in [3.05, 3.63) is 68.1 Å². The number of nitrogens with one attached hydrogen (secondary N) is 1. The molecule has 1 saturated heterocycles. The molecule has 9 heteroatoms. The Bertz CT molecular complexity index is 1080. The summed E-state index contributed by atoms with van der Waals surface area (Å²) < 4.78 is 0. The third-order valence-electron chi connectivity index (χ3n) is 5.07. The number of fused-ring (bicyclic) bond motifs is 1. The number of benzene rings is 1. The normalized spacial score (nSPS) is 23.2. The molecule has 4 rings (SSSR count). The van der Waals surface area contributed by atoms with Gasteiger partial charge in [-0.15, -0.1) is 11.8 Å². The SMILES string of the molecule is CSC1NN2C(c3ccc(C)cc3C)=CC(c3ccc([N+](=O)[O-])s3)=NC2C1C#N. The second-order valence-corrected chi connectivity index (χ2v) is 9.02. The van der Waals surface area contributed by atoms with E-state index in [9.17, 15) is 15.4 Å². The smallest absolute Gasteiger partial charge is 0.281 e. The molecular weight excluding hydrogens is 406 g/mol. The predicted octanol–water partition coefficient (Wildman–Crippen LogP) is 4.09. The van der Waals surface area contributed by atoms with E-state index < -0.39 is 11.1 Å². The van der Waals surface area contributed by atoms with E-state index in [0.29, 0.717) is 5.71 Å². The second kappa shape index (κ2) is 7.63. The van der Waals surface area contributed by atoms with E-state index in [4.69, 9.17) is 4.99 Å². The lowest BCUT2D eigenvalue weighted by Crippen LogP contribution is -2.39. The fourth-order valence-electron chi connectivity index (χ4n) is 3.68. The number of rotatable bonds is 4. The highest BCUT2D eigenvalue weighted by Gasteiger charge is 2.45. The van der Waals surface area contributed by atoms with Crippen LogP contribution in [-0.4, -0.2) is 33.4 Å². The maximum atomic E-state index is 11.1. The molecule has 7 nitrogen and oxygen atoms in total. The van der Waals surface area contributed by atoms with Gasteiger partial charge < -0.3 is 0 Å². The van der Waals surface area contributed by atoms with Crippen molar-refractivity contribution in [3.8, 4) is 6.07 Å². The first kappa shape index (κ1) is 19.6. The molecule has 148 valence electrons. The molecule has 0 radical (unpaired) electrons. The van der Waals surface area contributed by atoms with Crippen molar-refractivity contribution in [1.29, 1.82) is 5.26 Å². The molecule has 1 N–H and O–H groups in total. The van der Waals surface area contributed by atoms with Crippen LogP contribution in [0, 0.1) is 41.2 Å². The highest BCUT2D eigenvalue weighted by Crippen LogP contribution is 2.39. The maximum Gasteiger partial charge on any atom is 0.324 e. The average molecular weight is 426 g/mol. The van der Waals surface area contributed by atoms with E-state index in [2.05, 4.69) is 43.5 Å². The fraction of sp³-hybridized carbons (Fsp3) is 0.300. The minimum absolute atomic E-state index is 0.0787. The van der Waals surface area contributed by atoms with Crippen molar-refractivity contribution in [2.45, 2.75) is 25.4 Å². The first-order valence-electron chi connectivity index (χ1n) is 9.02. The number of aryl methyl sites for hydroxylation is 2. The summed E-state index contributed by atoms with van der Waals surface area (Å²) in [7, 11) is 0. The molecule has 2 aliphatic heterocycles. The Morgan fingerprint density at radius 3 is 2.76 bits per heavy atom. The molecule has 3 atom stereocenters. The highest BCUT2D eigenvalue weighted by atomic mass is 32.2. The Balaban J connectivity index is 1.85. The van der Waals surface area contributed by atoms with Crippen LogP contribution in [0.4, 0.5) is 5.00 Å². The summed E-state index contributed by atoms with van der Waals surface area (Å²) in [6, 6.07) is 11.9. The topological polar surface area (TPSA) is 94.6 Å². The van der Waals surface area contributed by atoms with E-state index >= 15 is 0 Å². The van der Waals surface area contributed by atoms with Crippen LogP contribution in [0.5, 0.6) is 0 Å². The summed E-state index contributed by atoms with van der Waals surface area (Å²) in [6.45, 7) is 4.11. The van der Waals surface area contributed by atoms with Crippen molar-refractivity contribution < 1.29 is 4.92 Å². The van der Waals surface area contributed by atoms with Gasteiger partial charge in [0.1, 0.15) is 5.92 Å². The van der Waals surface area contributed by atoms with Crippen molar-refractivity contribution in [2.75, 3.05) is 6.26 Å². The Hall–Kier alpha value is -2.67. The fourth-order valence-corrected chi connectivity index (χ4v) is 5.18. The van der Waals surface area contributed by atoms with Crippen molar-refractivity contribution >= 4 is 39.5 Å². The average Bonchev–Trinajstić information content (AvgIpc) is 3.32. The molecule has 0 aliphatic carbocycles. The minimum atomic E-state index is -0.394. The Morgan fingerprint density at radius 1 is 1.34 bits per heavy atom. The number of thiophene rings is 1. The number of nitrogens with zero attached hydrogens (tertiary/aromatic N) is 4.